The summed E-state index contributed by atoms with van der Waals surface area (Å²) in [6.45, 7) is 0.364. The smallest absolute Gasteiger partial charge is 0.173 e. The Morgan fingerprint density at radius 2 is 1.35 bits per heavy atom. The number of aliphatic hydroxyl groups excluding tert-OH is 2. The van der Waals surface area contributed by atoms with E-state index in [1.54, 1.807) is 0 Å². The van der Waals surface area contributed by atoms with Crippen molar-refractivity contribution in [2.75, 3.05) is 6.61 Å². The summed E-state index contributed by atoms with van der Waals surface area (Å²) in [4.78, 5) is 0. The second kappa shape index (κ2) is 9.23. The molecular weight excluding hydrogens is 334 g/mol. The van der Waals surface area contributed by atoms with Crippen LogP contribution >= 0.6 is 0 Å². The maximum absolute atomic E-state index is 10.1. The standard InChI is InChI=1S/C20H25NO5/c21-17-19(25-13-15-9-5-2-6-10-15)18(16(11-22)26-20(17)23)24-12-14-7-3-1-4-8-14/h1-10,16-20,22-23H,11-13,21H2/t16-,17-,18-,19-,20+/m1/s1. The van der Waals surface area contributed by atoms with E-state index in [4.69, 9.17) is 19.9 Å². The van der Waals surface area contributed by atoms with E-state index in [2.05, 4.69) is 0 Å². The van der Waals surface area contributed by atoms with Crippen LogP contribution in [0.2, 0.25) is 0 Å². The molecule has 0 bridgehead atoms. The van der Waals surface area contributed by atoms with Crippen LogP contribution in [0.4, 0.5) is 0 Å². The lowest BCUT2D eigenvalue weighted by molar-refractivity contribution is -0.270. The molecule has 1 heterocycles. The molecule has 140 valence electrons. The number of hydrogen-bond donors (Lipinski definition) is 3. The van der Waals surface area contributed by atoms with E-state index in [-0.39, 0.29) is 6.61 Å². The van der Waals surface area contributed by atoms with Gasteiger partial charge in [-0.05, 0) is 11.1 Å². The molecular formula is C20H25NO5. The van der Waals surface area contributed by atoms with Gasteiger partial charge in [-0.25, -0.2) is 0 Å². The topological polar surface area (TPSA) is 94.2 Å². The number of hydrogen-bond acceptors (Lipinski definition) is 6. The highest BCUT2D eigenvalue weighted by Crippen LogP contribution is 2.25. The Balaban J connectivity index is 1.71. The average molecular weight is 359 g/mol. The van der Waals surface area contributed by atoms with Crippen LogP contribution in [0.25, 0.3) is 0 Å². The summed E-state index contributed by atoms with van der Waals surface area (Å²) in [6, 6.07) is 18.6. The molecule has 0 unspecified atom stereocenters. The van der Waals surface area contributed by atoms with E-state index in [1.807, 2.05) is 60.7 Å². The Bertz CT molecular complexity index is 610. The summed E-state index contributed by atoms with van der Waals surface area (Å²) in [6.07, 6.45) is -3.14. The highest BCUT2D eigenvalue weighted by atomic mass is 16.6. The van der Waals surface area contributed by atoms with Crippen molar-refractivity contribution in [3.63, 3.8) is 0 Å². The average Bonchev–Trinajstić information content (AvgIpc) is 2.69. The number of nitrogens with two attached hydrogens (primary N) is 1. The number of ether oxygens (including phenoxy) is 3. The minimum atomic E-state index is -1.22. The maximum atomic E-state index is 10.1. The van der Waals surface area contributed by atoms with Crippen molar-refractivity contribution in [2.24, 2.45) is 5.73 Å². The summed E-state index contributed by atoms with van der Waals surface area (Å²) < 4.78 is 17.4. The molecule has 6 heteroatoms. The molecule has 0 aliphatic carbocycles. The molecule has 1 aliphatic rings. The van der Waals surface area contributed by atoms with E-state index in [9.17, 15) is 10.2 Å². The van der Waals surface area contributed by atoms with Crippen LogP contribution in [0.15, 0.2) is 60.7 Å². The Labute approximate surface area is 153 Å². The molecule has 1 aliphatic heterocycles. The molecule has 0 spiro atoms. The molecule has 3 rings (SSSR count). The number of rotatable bonds is 7. The number of aliphatic hydroxyl groups is 2. The minimum Gasteiger partial charge on any atom is -0.394 e. The molecule has 0 saturated carbocycles. The van der Waals surface area contributed by atoms with Crippen molar-refractivity contribution in [3.8, 4) is 0 Å². The van der Waals surface area contributed by atoms with Crippen molar-refractivity contribution in [1.82, 2.24) is 0 Å². The van der Waals surface area contributed by atoms with Crippen molar-refractivity contribution in [1.29, 1.82) is 0 Å². The second-order valence-electron chi connectivity index (χ2n) is 6.35. The lowest BCUT2D eigenvalue weighted by Gasteiger charge is -2.42. The normalized spacial score (nSPS) is 28.8. The molecule has 0 radical (unpaired) electrons. The van der Waals surface area contributed by atoms with Crippen molar-refractivity contribution in [3.05, 3.63) is 71.8 Å². The van der Waals surface area contributed by atoms with Crippen LogP contribution in [0, 0.1) is 0 Å². The SMILES string of the molecule is N[C@@H]1[C@@H](OCc2ccccc2)[C@H](OCc2ccccc2)[C@@H](CO)O[C@@H]1O. The van der Waals surface area contributed by atoms with Crippen molar-refractivity contribution in [2.45, 2.75) is 43.9 Å². The molecule has 2 aromatic carbocycles. The fourth-order valence-corrected chi connectivity index (χ4v) is 3.03. The zero-order valence-electron chi connectivity index (χ0n) is 14.5. The van der Waals surface area contributed by atoms with Gasteiger partial charge in [0.05, 0.1) is 25.9 Å². The van der Waals surface area contributed by atoms with Gasteiger partial charge in [0.1, 0.15) is 18.3 Å². The fourth-order valence-electron chi connectivity index (χ4n) is 3.03. The Morgan fingerprint density at radius 1 is 0.846 bits per heavy atom. The van der Waals surface area contributed by atoms with Gasteiger partial charge in [-0.2, -0.15) is 0 Å². The van der Waals surface area contributed by atoms with Crippen LogP contribution in [0.1, 0.15) is 11.1 Å². The van der Waals surface area contributed by atoms with E-state index in [1.165, 1.54) is 0 Å². The lowest BCUT2D eigenvalue weighted by Crippen LogP contribution is -2.63. The van der Waals surface area contributed by atoms with E-state index >= 15 is 0 Å². The number of benzene rings is 2. The van der Waals surface area contributed by atoms with Gasteiger partial charge in [0, 0.05) is 0 Å². The van der Waals surface area contributed by atoms with Gasteiger partial charge in [0.25, 0.3) is 0 Å². The van der Waals surface area contributed by atoms with Crippen LogP contribution in [-0.4, -0.2) is 47.5 Å². The maximum Gasteiger partial charge on any atom is 0.173 e. The molecule has 0 aromatic heterocycles. The third kappa shape index (κ3) is 4.67. The largest absolute Gasteiger partial charge is 0.394 e. The van der Waals surface area contributed by atoms with E-state index in [0.29, 0.717) is 13.2 Å². The van der Waals surface area contributed by atoms with Gasteiger partial charge in [0.2, 0.25) is 0 Å². The Morgan fingerprint density at radius 3 is 1.85 bits per heavy atom. The lowest BCUT2D eigenvalue weighted by atomic mass is 9.97. The van der Waals surface area contributed by atoms with Gasteiger partial charge in [-0.1, -0.05) is 60.7 Å². The van der Waals surface area contributed by atoms with Gasteiger partial charge >= 0.3 is 0 Å². The van der Waals surface area contributed by atoms with Crippen molar-refractivity contribution >= 4 is 0 Å². The zero-order chi connectivity index (χ0) is 18.4. The van der Waals surface area contributed by atoms with Crippen LogP contribution in [0.5, 0.6) is 0 Å². The van der Waals surface area contributed by atoms with Crippen molar-refractivity contribution < 1.29 is 24.4 Å². The molecule has 4 N–H and O–H groups in total. The minimum absolute atomic E-state index is 0.297. The van der Waals surface area contributed by atoms with Gasteiger partial charge in [-0.3, -0.25) is 0 Å². The van der Waals surface area contributed by atoms with Crippen LogP contribution in [-0.2, 0) is 27.4 Å². The van der Waals surface area contributed by atoms with Gasteiger partial charge in [-0.15, -0.1) is 0 Å². The predicted octanol–water partition coefficient (Wildman–Crippen LogP) is 1.19. The zero-order valence-corrected chi connectivity index (χ0v) is 14.5. The first-order valence-corrected chi connectivity index (χ1v) is 8.70. The highest BCUT2D eigenvalue weighted by molar-refractivity contribution is 5.14. The molecule has 2 aromatic rings. The third-order valence-corrected chi connectivity index (χ3v) is 4.46. The fraction of sp³-hybridized carbons (Fsp3) is 0.400. The molecule has 6 nitrogen and oxygen atoms in total. The Kier molecular flexibility index (Phi) is 6.73. The van der Waals surface area contributed by atoms with E-state index < -0.39 is 30.6 Å². The highest BCUT2D eigenvalue weighted by Gasteiger charge is 2.45. The quantitative estimate of drug-likeness (QED) is 0.688. The first-order chi connectivity index (χ1) is 12.7. The summed E-state index contributed by atoms with van der Waals surface area (Å²) in [7, 11) is 0. The monoisotopic (exact) mass is 359 g/mol. The second-order valence-corrected chi connectivity index (χ2v) is 6.35. The van der Waals surface area contributed by atoms with Gasteiger partial charge < -0.3 is 30.2 Å². The van der Waals surface area contributed by atoms with Gasteiger partial charge in [0.15, 0.2) is 6.29 Å². The summed E-state index contributed by atoms with van der Waals surface area (Å²) >= 11 is 0. The Hall–Kier alpha value is -1.80. The summed E-state index contributed by atoms with van der Waals surface area (Å²) in [5.41, 5.74) is 8.08. The first-order valence-electron chi connectivity index (χ1n) is 8.70. The van der Waals surface area contributed by atoms with Crippen LogP contribution < -0.4 is 5.73 Å². The molecule has 1 saturated heterocycles. The summed E-state index contributed by atoms with van der Waals surface area (Å²) in [5, 5.41) is 19.7. The first kappa shape index (κ1) is 19.0. The summed E-state index contributed by atoms with van der Waals surface area (Å²) in [5.74, 6) is 0. The molecule has 1 fully saturated rings. The molecule has 5 atom stereocenters. The van der Waals surface area contributed by atoms with E-state index in [0.717, 1.165) is 11.1 Å². The molecule has 26 heavy (non-hydrogen) atoms. The predicted molar refractivity (Wildman–Crippen MR) is 96.0 cm³/mol. The molecule has 0 amide bonds. The van der Waals surface area contributed by atoms with Crippen LogP contribution in [0.3, 0.4) is 0 Å². The third-order valence-electron chi connectivity index (χ3n) is 4.46.